The first-order chi connectivity index (χ1) is 15.2. The summed E-state index contributed by atoms with van der Waals surface area (Å²) in [5.41, 5.74) is 1.93. The molecule has 162 valence electrons. The number of aromatic nitrogens is 2. The third-order valence-electron chi connectivity index (χ3n) is 6.86. The molecule has 3 heterocycles. The van der Waals surface area contributed by atoms with E-state index in [-0.39, 0.29) is 17.6 Å². The highest BCUT2D eigenvalue weighted by Gasteiger charge is 2.46. The number of pyridine rings is 1. The van der Waals surface area contributed by atoms with Crippen molar-refractivity contribution in [3.8, 4) is 0 Å². The fourth-order valence-electron chi connectivity index (χ4n) is 5.34. The van der Waals surface area contributed by atoms with Gasteiger partial charge in [-0.1, -0.05) is 37.1 Å². The molecule has 1 saturated carbocycles. The number of hydrogen-bond donors (Lipinski definition) is 0. The maximum absolute atomic E-state index is 14.8. The van der Waals surface area contributed by atoms with Crippen LogP contribution < -0.4 is 0 Å². The van der Waals surface area contributed by atoms with E-state index in [1.54, 1.807) is 18.3 Å². The van der Waals surface area contributed by atoms with Crippen LogP contribution in [-0.2, 0) is 21.4 Å². The molecule has 0 bridgehead atoms. The van der Waals surface area contributed by atoms with Gasteiger partial charge >= 0.3 is 0 Å². The van der Waals surface area contributed by atoms with Crippen LogP contribution in [0.25, 0.3) is 5.65 Å². The molecule has 1 aliphatic carbocycles. The Balaban J connectivity index is 1.38. The number of nitrogens with zero attached hydrogens (tertiary/aromatic N) is 3. The molecule has 1 saturated heterocycles. The molecule has 1 amide bonds. The van der Waals surface area contributed by atoms with Crippen LogP contribution in [0.3, 0.4) is 0 Å². The summed E-state index contributed by atoms with van der Waals surface area (Å²) >= 11 is 0. The van der Waals surface area contributed by atoms with E-state index in [0.29, 0.717) is 44.7 Å². The van der Waals surface area contributed by atoms with Crippen molar-refractivity contribution < 1.29 is 13.9 Å². The lowest BCUT2D eigenvalue weighted by atomic mass is 9.77. The molecule has 0 N–H and O–H groups in total. The Hall–Kier alpha value is -2.73. The number of hydrogen-bond acceptors (Lipinski definition) is 3. The normalized spacial score (nSPS) is 21.3. The van der Waals surface area contributed by atoms with E-state index in [1.807, 2.05) is 27.6 Å². The molecule has 5 nitrogen and oxygen atoms in total. The second-order valence-electron chi connectivity index (χ2n) is 8.90. The van der Waals surface area contributed by atoms with Crippen LogP contribution in [0.4, 0.5) is 4.39 Å². The second-order valence-corrected chi connectivity index (χ2v) is 8.90. The topological polar surface area (TPSA) is 46.8 Å². The van der Waals surface area contributed by atoms with E-state index in [2.05, 4.69) is 17.2 Å². The van der Waals surface area contributed by atoms with E-state index < -0.39 is 5.41 Å². The molecular weight excluding hydrogens is 393 g/mol. The lowest BCUT2D eigenvalue weighted by Crippen LogP contribution is -2.48. The Morgan fingerprint density at radius 3 is 2.87 bits per heavy atom. The highest BCUT2D eigenvalue weighted by atomic mass is 19.1. The molecule has 0 spiro atoms. The number of benzene rings is 1. The fraction of sp³-hybridized carbons (Fsp3) is 0.440. The number of ether oxygens (including phenoxy) is 1. The van der Waals surface area contributed by atoms with Crippen LogP contribution in [0, 0.1) is 11.7 Å². The molecule has 1 atom stereocenters. The monoisotopic (exact) mass is 421 g/mol. The number of carbonyl (C=O) groups excluding carboxylic acids is 1. The molecule has 2 fully saturated rings. The standard InChI is InChI=1S/C25H28FN3O2/c26-22-6-2-1-5-21(22)25(9-3-4-10-25)24(30)29-13-14-31-18-20(17-29)15-19-7-8-23-27-11-12-28(23)16-19/h1-2,5-8,11-12,16,20H,3-4,9-10,13-15,17-18H2/t20-/m0/s1. The summed E-state index contributed by atoms with van der Waals surface area (Å²) in [6, 6.07) is 10.9. The fourth-order valence-corrected chi connectivity index (χ4v) is 5.34. The summed E-state index contributed by atoms with van der Waals surface area (Å²) in [6.45, 7) is 2.34. The minimum absolute atomic E-state index is 0.0654. The van der Waals surface area contributed by atoms with Crippen molar-refractivity contribution in [3.05, 3.63) is 71.9 Å². The van der Waals surface area contributed by atoms with Crippen molar-refractivity contribution in [2.45, 2.75) is 37.5 Å². The lowest BCUT2D eigenvalue weighted by Gasteiger charge is -2.35. The van der Waals surface area contributed by atoms with Crippen molar-refractivity contribution in [2.75, 3.05) is 26.3 Å². The number of carbonyl (C=O) groups is 1. The van der Waals surface area contributed by atoms with Gasteiger partial charge in [-0.3, -0.25) is 4.79 Å². The van der Waals surface area contributed by atoms with E-state index in [1.165, 1.54) is 11.6 Å². The third-order valence-corrected chi connectivity index (χ3v) is 6.86. The van der Waals surface area contributed by atoms with Crippen LogP contribution in [0.5, 0.6) is 0 Å². The van der Waals surface area contributed by atoms with Gasteiger partial charge in [0, 0.05) is 43.2 Å². The SMILES string of the molecule is O=C(N1CCOC[C@@H](Cc2ccc3nccn3c2)C1)C1(c2ccccc2F)CCCC1. The molecule has 2 aliphatic rings. The number of amides is 1. The van der Waals surface area contributed by atoms with Gasteiger partial charge in [0.05, 0.1) is 18.6 Å². The smallest absolute Gasteiger partial charge is 0.233 e. The largest absolute Gasteiger partial charge is 0.379 e. The van der Waals surface area contributed by atoms with Gasteiger partial charge < -0.3 is 14.0 Å². The van der Waals surface area contributed by atoms with Crippen LogP contribution in [0.2, 0.25) is 0 Å². The van der Waals surface area contributed by atoms with Crippen LogP contribution >= 0.6 is 0 Å². The summed E-state index contributed by atoms with van der Waals surface area (Å²) in [5, 5.41) is 0. The van der Waals surface area contributed by atoms with Crippen molar-refractivity contribution in [2.24, 2.45) is 5.92 Å². The van der Waals surface area contributed by atoms with E-state index in [9.17, 15) is 9.18 Å². The van der Waals surface area contributed by atoms with Crippen molar-refractivity contribution in [1.82, 2.24) is 14.3 Å². The number of halogens is 1. The molecule has 3 aromatic rings. The van der Waals surface area contributed by atoms with Gasteiger partial charge in [0.15, 0.2) is 0 Å². The van der Waals surface area contributed by atoms with Gasteiger partial charge in [0.25, 0.3) is 0 Å². The van der Waals surface area contributed by atoms with Gasteiger partial charge in [-0.2, -0.15) is 0 Å². The third kappa shape index (κ3) is 3.85. The molecule has 1 aliphatic heterocycles. The van der Waals surface area contributed by atoms with Crippen LogP contribution in [0.15, 0.2) is 55.0 Å². The predicted octanol–water partition coefficient (Wildman–Crippen LogP) is 4.00. The first-order valence-electron chi connectivity index (χ1n) is 11.2. The lowest BCUT2D eigenvalue weighted by molar-refractivity contribution is -0.138. The quantitative estimate of drug-likeness (QED) is 0.640. The molecule has 0 unspecified atom stereocenters. The molecular formula is C25H28FN3O2. The van der Waals surface area contributed by atoms with E-state index >= 15 is 0 Å². The van der Waals surface area contributed by atoms with Gasteiger partial charge in [-0.05, 0) is 37.0 Å². The summed E-state index contributed by atoms with van der Waals surface area (Å²) in [6.07, 6.45) is 9.99. The van der Waals surface area contributed by atoms with Crippen LogP contribution in [0.1, 0.15) is 36.8 Å². The van der Waals surface area contributed by atoms with Gasteiger partial charge in [0.1, 0.15) is 11.5 Å². The average Bonchev–Trinajstić information content (AvgIpc) is 3.40. The minimum Gasteiger partial charge on any atom is -0.379 e. The zero-order valence-corrected chi connectivity index (χ0v) is 17.7. The number of fused-ring (bicyclic) bond motifs is 1. The summed E-state index contributed by atoms with van der Waals surface area (Å²) in [4.78, 5) is 20.1. The number of imidazole rings is 1. The molecule has 31 heavy (non-hydrogen) atoms. The maximum Gasteiger partial charge on any atom is 0.233 e. The van der Waals surface area contributed by atoms with Crippen molar-refractivity contribution >= 4 is 11.6 Å². The van der Waals surface area contributed by atoms with E-state index in [0.717, 1.165) is 24.9 Å². The van der Waals surface area contributed by atoms with Gasteiger partial charge in [-0.25, -0.2) is 9.37 Å². The summed E-state index contributed by atoms with van der Waals surface area (Å²) in [7, 11) is 0. The highest BCUT2D eigenvalue weighted by Crippen LogP contribution is 2.44. The minimum atomic E-state index is -0.740. The summed E-state index contributed by atoms with van der Waals surface area (Å²) < 4.78 is 22.6. The molecule has 1 aromatic carbocycles. The Labute approximate surface area is 181 Å². The number of rotatable bonds is 4. The predicted molar refractivity (Wildman–Crippen MR) is 116 cm³/mol. The average molecular weight is 422 g/mol. The Morgan fingerprint density at radius 2 is 2.03 bits per heavy atom. The maximum atomic E-state index is 14.8. The molecule has 0 radical (unpaired) electrons. The van der Waals surface area contributed by atoms with Crippen molar-refractivity contribution in [3.63, 3.8) is 0 Å². The van der Waals surface area contributed by atoms with Gasteiger partial charge in [0.2, 0.25) is 5.91 Å². The van der Waals surface area contributed by atoms with Gasteiger partial charge in [-0.15, -0.1) is 0 Å². The molecule has 5 rings (SSSR count). The first kappa shape index (κ1) is 20.2. The molecule has 6 heteroatoms. The van der Waals surface area contributed by atoms with Crippen molar-refractivity contribution in [1.29, 1.82) is 0 Å². The zero-order valence-electron chi connectivity index (χ0n) is 17.7. The highest BCUT2D eigenvalue weighted by molar-refractivity contribution is 5.88. The summed E-state index contributed by atoms with van der Waals surface area (Å²) in [5.74, 6) is -0.00355. The Bertz CT molecular complexity index is 1070. The van der Waals surface area contributed by atoms with Crippen LogP contribution in [-0.4, -0.2) is 46.5 Å². The Morgan fingerprint density at radius 1 is 1.19 bits per heavy atom. The first-order valence-corrected chi connectivity index (χ1v) is 11.2. The second kappa shape index (κ2) is 8.42. The van der Waals surface area contributed by atoms with E-state index in [4.69, 9.17) is 4.74 Å². The Kier molecular flexibility index (Phi) is 5.48. The zero-order chi connectivity index (χ0) is 21.3. The molecule has 2 aromatic heterocycles.